The predicted molar refractivity (Wildman–Crippen MR) is 171 cm³/mol. The summed E-state index contributed by atoms with van der Waals surface area (Å²) in [5.74, 6) is -1.86. The van der Waals surface area contributed by atoms with E-state index in [1.54, 1.807) is 18.3 Å². The zero-order valence-electron chi connectivity index (χ0n) is 24.5. The van der Waals surface area contributed by atoms with E-state index in [0.29, 0.717) is 22.5 Å². The van der Waals surface area contributed by atoms with Crippen LogP contribution >= 0.6 is 0 Å². The van der Waals surface area contributed by atoms with Crippen LogP contribution in [0.3, 0.4) is 0 Å². The lowest BCUT2D eigenvalue weighted by Gasteiger charge is -2.07. The van der Waals surface area contributed by atoms with Gasteiger partial charge in [0.25, 0.3) is 11.8 Å². The van der Waals surface area contributed by atoms with Crippen molar-refractivity contribution in [1.29, 1.82) is 0 Å². The van der Waals surface area contributed by atoms with Gasteiger partial charge in [0.05, 0.1) is 11.1 Å². The van der Waals surface area contributed by atoms with Crippen LogP contribution in [0, 0.1) is 13.8 Å². The van der Waals surface area contributed by atoms with Crippen LogP contribution in [0.5, 0.6) is 11.5 Å². The summed E-state index contributed by atoms with van der Waals surface area (Å²) in [4.78, 5) is 35.2. The second kappa shape index (κ2) is 13.2. The number of aromatic carboxylic acids is 1. The average Bonchev–Trinajstić information content (AvgIpc) is 3.52. The lowest BCUT2D eigenvalue weighted by Crippen LogP contribution is -2.05. The summed E-state index contributed by atoms with van der Waals surface area (Å²) in [5.41, 5.74) is 7.10. The highest BCUT2D eigenvalue weighted by molar-refractivity contribution is 6.32. The number of carbonyl (C=O) groups is 3. The molecule has 10 nitrogen and oxygen atoms in total. The highest BCUT2D eigenvalue weighted by Crippen LogP contribution is 2.35. The van der Waals surface area contributed by atoms with Crippen molar-refractivity contribution < 1.29 is 38.1 Å². The monoisotopic (exact) mass is 626 g/mol. The Morgan fingerprint density at radius 1 is 0.783 bits per heavy atom. The van der Waals surface area contributed by atoms with Gasteiger partial charge in [-0.05, 0) is 79.6 Å². The first-order valence-corrected chi connectivity index (χ1v) is 13.9. The topological polar surface area (TPSA) is 149 Å². The Balaban J connectivity index is 0.000000181. The number of anilines is 4. The largest absolute Gasteiger partial charge is 0.507 e. The third-order valence-electron chi connectivity index (χ3n) is 7.14. The first kappa shape index (κ1) is 31.3. The molecule has 234 valence electrons. The fourth-order valence-corrected chi connectivity index (χ4v) is 4.98. The minimum atomic E-state index is -2.85. The number of halogens is 2. The zero-order chi connectivity index (χ0) is 33.0. The number of alkyl halides is 2. The normalized spacial score (nSPS) is 14.6. The van der Waals surface area contributed by atoms with Gasteiger partial charge in [0.2, 0.25) is 0 Å². The summed E-state index contributed by atoms with van der Waals surface area (Å²) in [5, 5.41) is 30.0. The van der Waals surface area contributed by atoms with Crippen LogP contribution in [0.4, 0.5) is 31.5 Å². The van der Waals surface area contributed by atoms with Gasteiger partial charge in [0.15, 0.2) is 0 Å². The van der Waals surface area contributed by atoms with E-state index in [1.807, 2.05) is 50.2 Å². The number of fused-ring (bicyclic) bond motifs is 2. The van der Waals surface area contributed by atoms with Gasteiger partial charge >= 0.3 is 12.6 Å². The van der Waals surface area contributed by atoms with Crippen molar-refractivity contribution in [2.75, 3.05) is 21.3 Å². The molecule has 6 N–H and O–H groups in total. The van der Waals surface area contributed by atoms with E-state index >= 15 is 0 Å². The molecule has 2 aliphatic heterocycles. The van der Waals surface area contributed by atoms with E-state index in [0.717, 1.165) is 33.6 Å². The van der Waals surface area contributed by atoms with Crippen LogP contribution in [-0.2, 0) is 9.59 Å². The molecule has 2 heterocycles. The van der Waals surface area contributed by atoms with Crippen LogP contribution in [0.2, 0.25) is 0 Å². The van der Waals surface area contributed by atoms with Crippen LogP contribution in [0.25, 0.3) is 11.1 Å². The van der Waals surface area contributed by atoms with Crippen molar-refractivity contribution >= 4 is 51.7 Å². The molecule has 0 spiro atoms. The lowest BCUT2D eigenvalue weighted by atomic mass is 10.0. The molecule has 4 aromatic rings. The molecule has 0 fully saturated rings. The third-order valence-corrected chi connectivity index (χ3v) is 7.14. The Morgan fingerprint density at radius 3 is 1.78 bits per heavy atom. The third kappa shape index (κ3) is 6.81. The molecule has 12 heteroatoms. The van der Waals surface area contributed by atoms with E-state index in [4.69, 9.17) is 5.11 Å². The Morgan fingerprint density at radius 2 is 1.28 bits per heavy atom. The highest BCUT2D eigenvalue weighted by Gasteiger charge is 2.26. The van der Waals surface area contributed by atoms with Crippen LogP contribution < -0.4 is 26.0 Å². The number of aryl methyl sites for hydroxylation is 2. The molecular weight excluding hydrogens is 598 g/mol. The van der Waals surface area contributed by atoms with Gasteiger partial charge in [0.1, 0.15) is 17.1 Å². The number of rotatable bonds is 7. The van der Waals surface area contributed by atoms with E-state index in [-0.39, 0.29) is 28.9 Å². The number of ether oxygens (including phenoxy) is 1. The molecule has 0 saturated heterocycles. The van der Waals surface area contributed by atoms with Crippen molar-refractivity contribution in [3.63, 3.8) is 0 Å². The summed E-state index contributed by atoms with van der Waals surface area (Å²) in [6.07, 6.45) is 3.14. The molecule has 0 aromatic heterocycles. The van der Waals surface area contributed by atoms with Gasteiger partial charge in [-0.25, -0.2) is 4.79 Å². The number of hydrogen-bond acceptors (Lipinski definition) is 7. The van der Waals surface area contributed by atoms with Gasteiger partial charge in [-0.15, -0.1) is 0 Å². The smallest absolute Gasteiger partial charge is 0.387 e. The molecule has 0 unspecified atom stereocenters. The first-order valence-electron chi connectivity index (χ1n) is 13.9. The van der Waals surface area contributed by atoms with Crippen molar-refractivity contribution in [2.45, 2.75) is 20.5 Å². The van der Waals surface area contributed by atoms with Crippen LogP contribution in [0.1, 0.15) is 32.6 Å². The summed E-state index contributed by atoms with van der Waals surface area (Å²) in [6, 6.07) is 21.4. The summed E-state index contributed by atoms with van der Waals surface area (Å²) >= 11 is 0. The van der Waals surface area contributed by atoms with Crippen LogP contribution in [-0.4, -0.2) is 34.6 Å². The maximum atomic E-state index is 12.1. The van der Waals surface area contributed by atoms with E-state index in [9.17, 15) is 28.3 Å². The average molecular weight is 627 g/mol. The second-order valence-corrected chi connectivity index (χ2v) is 10.2. The van der Waals surface area contributed by atoms with Gasteiger partial charge in [-0.3, -0.25) is 9.59 Å². The van der Waals surface area contributed by atoms with Gasteiger partial charge in [-0.1, -0.05) is 24.3 Å². The molecule has 2 aliphatic rings. The van der Waals surface area contributed by atoms with Crippen molar-refractivity contribution in [3.05, 3.63) is 119 Å². The molecule has 0 bridgehead atoms. The Bertz CT molecular complexity index is 1900. The Kier molecular flexibility index (Phi) is 8.99. The minimum Gasteiger partial charge on any atom is -0.507 e. The van der Waals surface area contributed by atoms with Crippen LogP contribution in [0.15, 0.2) is 91.3 Å². The van der Waals surface area contributed by atoms with E-state index < -0.39 is 12.6 Å². The molecule has 0 saturated carbocycles. The number of amides is 2. The Hall–Kier alpha value is -6.17. The fraction of sp³-hybridized carbons (Fsp3) is 0.0882. The van der Waals surface area contributed by atoms with Gasteiger partial charge < -0.3 is 36.2 Å². The number of carbonyl (C=O) groups excluding carboxylic acids is 2. The van der Waals surface area contributed by atoms with Gasteiger partial charge in [-0.2, -0.15) is 8.78 Å². The molecule has 0 atom stereocenters. The summed E-state index contributed by atoms with van der Waals surface area (Å²) < 4.78 is 28.5. The standard InChI is InChI=1S/C17H14F2N2O2.C17H14N2O4/c1-10-3-2-4-14-15(10)13(16(22)21-14)9-20-11-5-7-12(8-6-11)23-17(18)19;1-9-3-2-4-13-15(9)12(16(21)19-13)8-18-10-5-6-14(20)11(7-10)17(22)23/h2-9,17,20H,1H3,(H,21,22);2-8,18,20H,1H3,(H,19,21)(H,22,23). The number of phenols is 1. The fourth-order valence-electron chi connectivity index (χ4n) is 4.98. The number of hydrogen-bond donors (Lipinski definition) is 6. The molecule has 2 amide bonds. The lowest BCUT2D eigenvalue weighted by molar-refractivity contribution is -0.111. The number of benzene rings is 4. The maximum Gasteiger partial charge on any atom is 0.387 e. The molecule has 6 rings (SSSR count). The second-order valence-electron chi connectivity index (χ2n) is 10.2. The van der Waals surface area contributed by atoms with E-state index in [2.05, 4.69) is 26.0 Å². The molecule has 4 aromatic carbocycles. The minimum absolute atomic E-state index is 0.0815. The molecular formula is C34H28F2N4O6. The quantitative estimate of drug-likeness (QED) is 0.0969. The molecule has 0 aliphatic carbocycles. The summed E-state index contributed by atoms with van der Waals surface area (Å²) in [7, 11) is 0. The highest BCUT2D eigenvalue weighted by atomic mass is 19.3. The molecule has 0 radical (unpaired) electrons. The first-order chi connectivity index (χ1) is 22.0. The van der Waals surface area contributed by atoms with Crippen molar-refractivity contribution in [1.82, 2.24) is 0 Å². The van der Waals surface area contributed by atoms with E-state index in [1.165, 1.54) is 36.5 Å². The zero-order valence-corrected chi connectivity index (χ0v) is 24.5. The number of aromatic hydroxyl groups is 1. The SMILES string of the molecule is Cc1cccc2c1C(=CNc1ccc(O)c(C(=O)O)c1)C(=O)N2.Cc1cccc2c1C(=CNc1ccc(OC(F)F)cc1)C(=O)N2. The van der Waals surface area contributed by atoms with Crippen molar-refractivity contribution in [3.8, 4) is 11.5 Å². The summed E-state index contributed by atoms with van der Waals surface area (Å²) in [6.45, 7) is 0.997. The van der Waals surface area contributed by atoms with Crippen molar-refractivity contribution in [2.24, 2.45) is 0 Å². The molecule has 46 heavy (non-hydrogen) atoms. The predicted octanol–water partition coefficient (Wildman–Crippen LogP) is 6.81. The number of carboxylic acids is 1. The maximum absolute atomic E-state index is 12.1. The Labute approximate surface area is 262 Å². The number of carboxylic acid groups (broad SMARTS) is 1. The van der Waals surface area contributed by atoms with Gasteiger partial charge in [0, 0.05) is 46.3 Å². The number of nitrogens with one attached hydrogen (secondary N) is 4.